The third kappa shape index (κ3) is 2.71. The average Bonchev–Trinajstić information content (AvgIpc) is 2.73. The second-order valence-electron chi connectivity index (χ2n) is 6.09. The zero-order valence-corrected chi connectivity index (χ0v) is 12.0. The maximum Gasteiger partial charge on any atom is 0.228 e. The Morgan fingerprint density at radius 2 is 1.94 bits per heavy atom. The van der Waals surface area contributed by atoms with Gasteiger partial charge in [0.05, 0.1) is 0 Å². The molecular formula is C15H28N2O. The van der Waals surface area contributed by atoms with Crippen LogP contribution in [0.15, 0.2) is 0 Å². The van der Waals surface area contributed by atoms with E-state index in [0.717, 1.165) is 45.2 Å². The van der Waals surface area contributed by atoms with E-state index in [-0.39, 0.29) is 5.41 Å². The highest BCUT2D eigenvalue weighted by Gasteiger charge is 2.42. The van der Waals surface area contributed by atoms with Crippen molar-refractivity contribution in [2.45, 2.75) is 64.3 Å². The summed E-state index contributed by atoms with van der Waals surface area (Å²) < 4.78 is 0. The first-order valence-electron chi connectivity index (χ1n) is 7.67. The molecule has 3 heteroatoms. The molecule has 1 heterocycles. The second kappa shape index (κ2) is 6.05. The molecule has 1 saturated carbocycles. The molecule has 0 aromatic heterocycles. The highest BCUT2D eigenvalue weighted by Crippen LogP contribution is 2.42. The zero-order chi connectivity index (χ0) is 13.0. The summed E-state index contributed by atoms with van der Waals surface area (Å²) >= 11 is 0. The van der Waals surface area contributed by atoms with Crippen LogP contribution < -0.4 is 5.32 Å². The number of rotatable bonds is 3. The maximum atomic E-state index is 12.8. The van der Waals surface area contributed by atoms with Gasteiger partial charge < -0.3 is 10.2 Å². The Bertz CT molecular complexity index is 276. The molecule has 1 aliphatic heterocycles. The first-order valence-corrected chi connectivity index (χ1v) is 7.67. The van der Waals surface area contributed by atoms with Crippen LogP contribution in [0.4, 0.5) is 0 Å². The minimum absolute atomic E-state index is 0.0194. The predicted octanol–water partition coefficient (Wildman–Crippen LogP) is 2.56. The average molecular weight is 252 g/mol. The Hall–Kier alpha value is -0.570. The van der Waals surface area contributed by atoms with Gasteiger partial charge in [0.2, 0.25) is 5.91 Å². The largest absolute Gasteiger partial charge is 0.342 e. The van der Waals surface area contributed by atoms with Crippen LogP contribution in [-0.4, -0.2) is 37.0 Å². The number of carbonyl (C=O) groups is 1. The highest BCUT2D eigenvalue weighted by molar-refractivity contribution is 5.83. The van der Waals surface area contributed by atoms with Crippen LogP contribution in [0.3, 0.4) is 0 Å². The number of hydrogen-bond acceptors (Lipinski definition) is 2. The Morgan fingerprint density at radius 3 is 2.61 bits per heavy atom. The molecule has 0 aromatic carbocycles. The van der Waals surface area contributed by atoms with Gasteiger partial charge in [-0.25, -0.2) is 0 Å². The van der Waals surface area contributed by atoms with Crippen molar-refractivity contribution >= 4 is 5.91 Å². The van der Waals surface area contributed by atoms with Gasteiger partial charge in [-0.05, 0) is 51.6 Å². The van der Waals surface area contributed by atoms with E-state index in [1.807, 2.05) is 7.05 Å². The Balaban J connectivity index is 2.02. The predicted molar refractivity (Wildman–Crippen MR) is 74.5 cm³/mol. The van der Waals surface area contributed by atoms with Crippen LogP contribution in [0, 0.1) is 5.41 Å². The standard InChI is InChI=1S/C15H28N2O/c1-3-15(9-4-5-10-15)14(18)17(2)13-7-6-11-16-12-8-13/h13,16H,3-12H2,1-2H3. The Kier molecular flexibility index (Phi) is 4.66. The number of nitrogens with zero attached hydrogens (tertiary/aromatic N) is 1. The molecule has 2 fully saturated rings. The first-order chi connectivity index (χ1) is 8.69. The van der Waals surface area contributed by atoms with Crippen molar-refractivity contribution in [2.24, 2.45) is 5.41 Å². The van der Waals surface area contributed by atoms with E-state index in [0.29, 0.717) is 11.9 Å². The molecule has 1 aliphatic carbocycles. The third-order valence-corrected chi connectivity index (χ3v) is 5.10. The van der Waals surface area contributed by atoms with Crippen LogP contribution in [-0.2, 0) is 4.79 Å². The van der Waals surface area contributed by atoms with Crippen molar-refractivity contribution in [1.82, 2.24) is 10.2 Å². The van der Waals surface area contributed by atoms with Gasteiger partial charge in [0, 0.05) is 18.5 Å². The lowest BCUT2D eigenvalue weighted by Crippen LogP contribution is -2.45. The molecule has 0 spiro atoms. The number of nitrogens with one attached hydrogen (secondary N) is 1. The molecule has 1 amide bonds. The summed E-state index contributed by atoms with van der Waals surface area (Å²) in [5.74, 6) is 0.425. The van der Waals surface area contributed by atoms with Gasteiger partial charge in [0.25, 0.3) is 0 Å². The molecule has 2 rings (SSSR count). The van der Waals surface area contributed by atoms with E-state index in [1.54, 1.807) is 0 Å². The second-order valence-corrected chi connectivity index (χ2v) is 6.09. The molecule has 1 saturated heterocycles. The van der Waals surface area contributed by atoms with Crippen molar-refractivity contribution < 1.29 is 4.79 Å². The number of amides is 1. The lowest BCUT2D eigenvalue weighted by molar-refractivity contribution is -0.143. The van der Waals surface area contributed by atoms with Crippen LogP contribution in [0.5, 0.6) is 0 Å². The lowest BCUT2D eigenvalue weighted by atomic mass is 9.81. The molecule has 2 aliphatic rings. The van der Waals surface area contributed by atoms with E-state index < -0.39 is 0 Å². The van der Waals surface area contributed by atoms with Crippen molar-refractivity contribution in [3.05, 3.63) is 0 Å². The molecule has 3 nitrogen and oxygen atoms in total. The van der Waals surface area contributed by atoms with Crippen LogP contribution in [0.2, 0.25) is 0 Å². The van der Waals surface area contributed by atoms with Crippen molar-refractivity contribution in [3.63, 3.8) is 0 Å². The van der Waals surface area contributed by atoms with Gasteiger partial charge in [-0.2, -0.15) is 0 Å². The van der Waals surface area contributed by atoms with Crippen molar-refractivity contribution in [3.8, 4) is 0 Å². The van der Waals surface area contributed by atoms with E-state index in [2.05, 4.69) is 17.1 Å². The minimum Gasteiger partial charge on any atom is -0.342 e. The fourth-order valence-electron chi connectivity index (χ4n) is 3.70. The van der Waals surface area contributed by atoms with E-state index in [1.165, 1.54) is 19.3 Å². The number of hydrogen-bond donors (Lipinski definition) is 1. The van der Waals surface area contributed by atoms with E-state index >= 15 is 0 Å². The molecule has 0 aromatic rings. The van der Waals surface area contributed by atoms with Crippen LogP contribution in [0.25, 0.3) is 0 Å². The summed E-state index contributed by atoms with van der Waals surface area (Å²) in [6, 6.07) is 0.455. The maximum absolute atomic E-state index is 12.8. The van der Waals surface area contributed by atoms with Gasteiger partial charge in [-0.15, -0.1) is 0 Å². The lowest BCUT2D eigenvalue weighted by Gasteiger charge is -2.36. The summed E-state index contributed by atoms with van der Waals surface area (Å²) in [7, 11) is 2.04. The fraction of sp³-hybridized carbons (Fsp3) is 0.933. The van der Waals surface area contributed by atoms with E-state index in [9.17, 15) is 4.79 Å². The molecule has 104 valence electrons. The topological polar surface area (TPSA) is 32.3 Å². The first kappa shape index (κ1) is 13.9. The van der Waals surface area contributed by atoms with Gasteiger partial charge in [-0.1, -0.05) is 19.8 Å². The molecule has 0 radical (unpaired) electrons. The van der Waals surface area contributed by atoms with Crippen molar-refractivity contribution in [2.75, 3.05) is 20.1 Å². The third-order valence-electron chi connectivity index (χ3n) is 5.10. The van der Waals surface area contributed by atoms with Gasteiger partial charge in [0.15, 0.2) is 0 Å². The molecule has 1 N–H and O–H groups in total. The minimum atomic E-state index is -0.0194. The summed E-state index contributed by atoms with van der Waals surface area (Å²) in [6.45, 7) is 4.35. The monoisotopic (exact) mass is 252 g/mol. The Labute approximate surface area is 111 Å². The molecule has 1 unspecified atom stereocenters. The SMILES string of the molecule is CCC1(C(=O)N(C)C2CCCNCC2)CCCC1. The smallest absolute Gasteiger partial charge is 0.228 e. The molecule has 18 heavy (non-hydrogen) atoms. The molecule has 0 bridgehead atoms. The molecular weight excluding hydrogens is 224 g/mol. The van der Waals surface area contributed by atoms with Gasteiger partial charge in [-0.3, -0.25) is 4.79 Å². The Morgan fingerprint density at radius 1 is 1.22 bits per heavy atom. The molecule has 1 atom stereocenters. The zero-order valence-electron chi connectivity index (χ0n) is 12.0. The summed E-state index contributed by atoms with van der Waals surface area (Å²) in [5, 5.41) is 3.43. The van der Waals surface area contributed by atoms with Crippen LogP contribution >= 0.6 is 0 Å². The highest BCUT2D eigenvalue weighted by atomic mass is 16.2. The fourth-order valence-corrected chi connectivity index (χ4v) is 3.70. The summed E-state index contributed by atoms with van der Waals surface area (Å²) in [6.07, 6.45) is 9.17. The van der Waals surface area contributed by atoms with Crippen molar-refractivity contribution in [1.29, 1.82) is 0 Å². The number of carbonyl (C=O) groups excluding carboxylic acids is 1. The summed E-state index contributed by atoms with van der Waals surface area (Å²) in [4.78, 5) is 14.9. The van der Waals surface area contributed by atoms with Crippen LogP contribution in [0.1, 0.15) is 58.3 Å². The normalized spacial score (nSPS) is 27.8. The van der Waals surface area contributed by atoms with Gasteiger partial charge in [0.1, 0.15) is 0 Å². The quantitative estimate of drug-likeness (QED) is 0.837. The van der Waals surface area contributed by atoms with E-state index in [4.69, 9.17) is 0 Å². The summed E-state index contributed by atoms with van der Waals surface area (Å²) in [5.41, 5.74) is -0.0194. The van der Waals surface area contributed by atoms with Gasteiger partial charge >= 0.3 is 0 Å².